The summed E-state index contributed by atoms with van der Waals surface area (Å²) in [6.07, 6.45) is 1.31. The van der Waals surface area contributed by atoms with E-state index in [4.69, 9.17) is 9.97 Å². The molecule has 0 unspecified atom stereocenters. The van der Waals surface area contributed by atoms with Gasteiger partial charge in [0.05, 0.1) is 10.3 Å². The highest BCUT2D eigenvalue weighted by Gasteiger charge is 2.28. The van der Waals surface area contributed by atoms with Gasteiger partial charge in [0.15, 0.2) is 5.82 Å². The first-order valence-corrected chi connectivity index (χ1v) is 11.3. The zero-order chi connectivity index (χ0) is 20.1. The third kappa shape index (κ3) is 3.07. The number of fused-ring (bicyclic) bond motifs is 1. The molecule has 144 valence electrons. The van der Waals surface area contributed by atoms with Crippen LogP contribution < -0.4 is 10.2 Å². The highest BCUT2D eigenvalue weighted by Crippen LogP contribution is 2.42. The first-order chi connectivity index (χ1) is 14.0. The number of thiophene rings is 3. The standard InChI is InChI=1S/C20H14N4O2S3/c1-10-5-6-14(29-10)17-22-18(24(2)12-8-15(25)21-19(12)26)16-11(9-28-20(16)23-17)13-4-3-7-27-13/h3-9H,1-2H3,(H,21,25,26). The van der Waals surface area contributed by atoms with Crippen molar-refractivity contribution in [3.8, 4) is 21.1 Å². The second-order valence-electron chi connectivity index (χ2n) is 6.49. The lowest BCUT2D eigenvalue weighted by atomic mass is 10.2. The van der Waals surface area contributed by atoms with E-state index >= 15 is 0 Å². The molecule has 1 N–H and O–H groups in total. The van der Waals surface area contributed by atoms with E-state index in [9.17, 15) is 9.59 Å². The van der Waals surface area contributed by atoms with Gasteiger partial charge < -0.3 is 4.90 Å². The van der Waals surface area contributed by atoms with Crippen LogP contribution in [0.15, 0.2) is 46.8 Å². The summed E-state index contributed by atoms with van der Waals surface area (Å²) in [5.74, 6) is 0.380. The molecule has 5 heterocycles. The molecule has 0 aromatic carbocycles. The van der Waals surface area contributed by atoms with Gasteiger partial charge >= 0.3 is 0 Å². The fourth-order valence-corrected chi connectivity index (χ4v) is 5.77. The highest BCUT2D eigenvalue weighted by atomic mass is 32.1. The molecule has 9 heteroatoms. The quantitative estimate of drug-likeness (QED) is 0.477. The second-order valence-corrected chi connectivity index (χ2v) is 9.59. The Hall–Kier alpha value is -2.88. The Balaban J connectivity index is 1.76. The first-order valence-electron chi connectivity index (χ1n) is 8.72. The third-order valence-electron chi connectivity index (χ3n) is 4.58. The van der Waals surface area contributed by atoms with Crippen molar-refractivity contribution in [2.75, 3.05) is 11.9 Å². The van der Waals surface area contributed by atoms with Gasteiger partial charge in [-0.05, 0) is 30.5 Å². The number of carbonyl (C=O) groups is 2. The fourth-order valence-electron chi connectivity index (χ4n) is 3.21. The number of nitrogens with zero attached hydrogens (tertiary/aromatic N) is 3. The van der Waals surface area contributed by atoms with E-state index in [2.05, 4.69) is 16.8 Å². The van der Waals surface area contributed by atoms with Crippen molar-refractivity contribution in [2.45, 2.75) is 6.92 Å². The molecule has 0 saturated heterocycles. The lowest BCUT2D eigenvalue weighted by Gasteiger charge is -2.19. The van der Waals surface area contributed by atoms with Gasteiger partial charge in [-0.1, -0.05) is 6.07 Å². The minimum Gasteiger partial charge on any atom is -0.324 e. The van der Waals surface area contributed by atoms with Crippen LogP contribution in [0.5, 0.6) is 0 Å². The molecule has 4 aromatic rings. The van der Waals surface area contributed by atoms with Crippen LogP contribution in [0.4, 0.5) is 5.82 Å². The molecular weight excluding hydrogens is 424 g/mol. The Morgan fingerprint density at radius 1 is 1.07 bits per heavy atom. The van der Waals surface area contributed by atoms with Crippen LogP contribution in [0.2, 0.25) is 0 Å². The van der Waals surface area contributed by atoms with Crippen molar-refractivity contribution in [2.24, 2.45) is 0 Å². The van der Waals surface area contributed by atoms with Crippen molar-refractivity contribution in [3.05, 3.63) is 51.7 Å². The summed E-state index contributed by atoms with van der Waals surface area (Å²) in [5.41, 5.74) is 1.30. The molecule has 0 bridgehead atoms. The Labute approximate surface area is 178 Å². The van der Waals surface area contributed by atoms with Gasteiger partial charge in [0.25, 0.3) is 11.8 Å². The number of hydrogen-bond acceptors (Lipinski definition) is 8. The lowest BCUT2D eigenvalue weighted by Crippen LogP contribution is -2.29. The second kappa shape index (κ2) is 6.87. The lowest BCUT2D eigenvalue weighted by molar-refractivity contribution is -0.123. The van der Waals surface area contributed by atoms with Gasteiger partial charge in [-0.25, -0.2) is 9.97 Å². The predicted octanol–water partition coefficient (Wildman–Crippen LogP) is 4.43. The summed E-state index contributed by atoms with van der Waals surface area (Å²) >= 11 is 4.81. The number of hydrogen-bond donors (Lipinski definition) is 1. The number of carbonyl (C=O) groups excluding carboxylic acids is 2. The SMILES string of the molecule is Cc1ccc(-c2nc(N(C)C3=CC(=O)NC3=O)c3c(-c4cccs4)csc3n2)s1. The zero-order valence-electron chi connectivity index (χ0n) is 15.4. The predicted molar refractivity (Wildman–Crippen MR) is 118 cm³/mol. The number of anilines is 1. The number of aromatic nitrogens is 2. The molecule has 0 atom stereocenters. The third-order valence-corrected chi connectivity index (χ3v) is 7.35. The maximum Gasteiger partial charge on any atom is 0.274 e. The number of aryl methyl sites for hydroxylation is 1. The Bertz CT molecular complexity index is 1300. The Morgan fingerprint density at radius 2 is 1.93 bits per heavy atom. The van der Waals surface area contributed by atoms with E-state index in [0.717, 1.165) is 25.5 Å². The summed E-state index contributed by atoms with van der Waals surface area (Å²) in [7, 11) is 1.76. The fraction of sp³-hybridized carbons (Fsp3) is 0.100. The van der Waals surface area contributed by atoms with Crippen LogP contribution in [-0.4, -0.2) is 28.8 Å². The number of nitrogens with one attached hydrogen (secondary N) is 1. The average molecular weight is 439 g/mol. The monoisotopic (exact) mass is 438 g/mol. The molecule has 1 aliphatic heterocycles. The van der Waals surface area contributed by atoms with Crippen molar-refractivity contribution < 1.29 is 9.59 Å². The molecule has 2 amide bonds. The summed E-state index contributed by atoms with van der Waals surface area (Å²) in [4.78, 5) is 39.4. The Kier molecular flexibility index (Phi) is 4.30. The van der Waals surface area contributed by atoms with Crippen molar-refractivity contribution in [3.63, 3.8) is 0 Å². The smallest absolute Gasteiger partial charge is 0.274 e. The van der Waals surface area contributed by atoms with E-state index in [1.807, 2.05) is 30.5 Å². The van der Waals surface area contributed by atoms with E-state index in [1.54, 1.807) is 46.0 Å². The molecule has 0 fully saturated rings. The molecule has 0 spiro atoms. The maximum absolute atomic E-state index is 12.3. The molecular formula is C20H14N4O2S3. The van der Waals surface area contributed by atoms with Gasteiger partial charge in [-0.15, -0.1) is 34.0 Å². The molecule has 4 aromatic heterocycles. The molecule has 1 aliphatic rings. The number of amides is 2. The normalized spacial score (nSPS) is 13.8. The Morgan fingerprint density at radius 3 is 2.59 bits per heavy atom. The van der Waals surface area contributed by atoms with Crippen LogP contribution in [0.1, 0.15) is 4.88 Å². The number of likely N-dealkylation sites (N-methyl/N-ethyl adjacent to an activating group) is 1. The van der Waals surface area contributed by atoms with Gasteiger partial charge in [0, 0.05) is 33.8 Å². The minimum absolute atomic E-state index is 0.270. The van der Waals surface area contributed by atoms with Crippen LogP contribution in [0, 0.1) is 6.92 Å². The summed E-state index contributed by atoms with van der Waals surface area (Å²) < 4.78 is 0. The maximum atomic E-state index is 12.3. The van der Waals surface area contributed by atoms with Crippen molar-refractivity contribution in [1.82, 2.24) is 15.3 Å². The molecule has 6 nitrogen and oxygen atoms in total. The molecule has 29 heavy (non-hydrogen) atoms. The van der Waals surface area contributed by atoms with Crippen LogP contribution >= 0.6 is 34.0 Å². The topological polar surface area (TPSA) is 75.2 Å². The minimum atomic E-state index is -0.425. The van der Waals surface area contributed by atoms with Gasteiger partial charge in [0.1, 0.15) is 16.3 Å². The number of imide groups is 1. The van der Waals surface area contributed by atoms with Crippen molar-refractivity contribution >= 4 is 61.9 Å². The molecule has 0 saturated carbocycles. The van der Waals surface area contributed by atoms with Gasteiger partial charge in [-0.3, -0.25) is 14.9 Å². The van der Waals surface area contributed by atoms with Crippen LogP contribution in [0.25, 0.3) is 31.4 Å². The molecule has 5 rings (SSSR count). The highest BCUT2D eigenvalue weighted by molar-refractivity contribution is 7.19. The van der Waals surface area contributed by atoms with Crippen molar-refractivity contribution in [1.29, 1.82) is 0 Å². The van der Waals surface area contributed by atoms with Crippen LogP contribution in [-0.2, 0) is 9.59 Å². The van der Waals surface area contributed by atoms with E-state index in [1.165, 1.54) is 11.0 Å². The summed E-state index contributed by atoms with van der Waals surface area (Å²) in [6.45, 7) is 2.04. The molecule has 0 radical (unpaired) electrons. The summed E-state index contributed by atoms with van der Waals surface area (Å²) in [5, 5.41) is 7.28. The largest absolute Gasteiger partial charge is 0.324 e. The number of rotatable bonds is 4. The summed E-state index contributed by atoms with van der Waals surface area (Å²) in [6, 6.07) is 8.09. The van der Waals surface area contributed by atoms with Crippen LogP contribution in [0.3, 0.4) is 0 Å². The first kappa shape index (κ1) is 18.2. The zero-order valence-corrected chi connectivity index (χ0v) is 17.9. The van der Waals surface area contributed by atoms with E-state index < -0.39 is 11.8 Å². The van der Waals surface area contributed by atoms with Gasteiger partial charge in [0.2, 0.25) is 0 Å². The van der Waals surface area contributed by atoms with Gasteiger partial charge in [-0.2, -0.15) is 0 Å². The van der Waals surface area contributed by atoms with E-state index in [0.29, 0.717) is 11.6 Å². The van der Waals surface area contributed by atoms with E-state index in [-0.39, 0.29) is 5.70 Å². The average Bonchev–Trinajstić information content (AvgIpc) is 3.46. The molecule has 0 aliphatic carbocycles.